The number of carbonyl (C=O) groups excluding carboxylic acids is 2. The first-order chi connectivity index (χ1) is 13.8. The van der Waals surface area contributed by atoms with Crippen molar-refractivity contribution in [1.29, 1.82) is 0 Å². The van der Waals surface area contributed by atoms with Gasteiger partial charge in [0.2, 0.25) is 6.10 Å². The summed E-state index contributed by atoms with van der Waals surface area (Å²) in [5, 5.41) is 39.9. The first kappa shape index (κ1) is 24.7. The van der Waals surface area contributed by atoms with Crippen molar-refractivity contribution >= 4 is 29.7 Å². The molecule has 0 saturated carbocycles. The van der Waals surface area contributed by atoms with E-state index in [4.69, 9.17) is 19.7 Å². The van der Waals surface area contributed by atoms with Crippen LogP contribution in [0.5, 0.6) is 0 Å². The maximum absolute atomic E-state index is 12.6. The van der Waals surface area contributed by atoms with Gasteiger partial charge in [-0.2, -0.15) is 0 Å². The number of anilines is 1. The van der Waals surface area contributed by atoms with Gasteiger partial charge in [-0.15, -0.1) is 0 Å². The van der Waals surface area contributed by atoms with E-state index in [0.29, 0.717) is 0 Å². The third kappa shape index (κ3) is 7.93. The van der Waals surface area contributed by atoms with Gasteiger partial charge in [-0.1, -0.05) is 18.2 Å². The molecule has 0 radical (unpaired) electrons. The molecule has 12 nitrogen and oxygen atoms in total. The highest BCUT2D eigenvalue weighted by Crippen LogP contribution is 2.30. The van der Waals surface area contributed by atoms with Crippen molar-refractivity contribution in [1.82, 2.24) is 5.32 Å². The van der Waals surface area contributed by atoms with Gasteiger partial charge in [0.25, 0.3) is 0 Å². The predicted molar refractivity (Wildman–Crippen MR) is 101 cm³/mol. The zero-order chi connectivity index (χ0) is 23.1. The highest BCUT2D eigenvalue weighted by molar-refractivity contribution is 5.85. The van der Waals surface area contributed by atoms with Gasteiger partial charge in [-0.25, -0.2) is 14.4 Å². The first-order valence-corrected chi connectivity index (χ1v) is 8.71. The quantitative estimate of drug-likeness (QED) is 0.332. The van der Waals surface area contributed by atoms with Crippen molar-refractivity contribution in [3.63, 3.8) is 0 Å². The van der Waals surface area contributed by atoms with Crippen molar-refractivity contribution in [2.24, 2.45) is 0 Å². The molecule has 0 aliphatic heterocycles. The maximum atomic E-state index is 12.6. The zero-order valence-corrected chi connectivity index (χ0v) is 16.5. The Morgan fingerprint density at radius 3 is 2.27 bits per heavy atom. The normalized spacial score (nSPS) is 13.0. The van der Waals surface area contributed by atoms with Gasteiger partial charge in [-0.05, 0) is 33.3 Å². The smallest absolute Gasteiger partial charge is 0.409 e. The average molecular weight is 427 g/mol. The molecule has 0 aliphatic rings. The Morgan fingerprint density at radius 1 is 1.17 bits per heavy atom. The third-order valence-electron chi connectivity index (χ3n) is 3.51. The first-order valence-electron chi connectivity index (χ1n) is 8.71. The second kappa shape index (κ2) is 10.4. The molecule has 12 heteroatoms. The molecule has 2 atom stereocenters. The van der Waals surface area contributed by atoms with Gasteiger partial charge < -0.3 is 35.4 Å². The number of nitrogens with one attached hydrogen (secondary N) is 1. The Balaban J connectivity index is 3.14. The summed E-state index contributed by atoms with van der Waals surface area (Å²) in [6, 6.07) is 3.59. The number of carboxylic acid groups (broad SMARTS) is 2. The number of rotatable bonds is 9. The Hall–Kier alpha value is -3.38. The van der Waals surface area contributed by atoms with Crippen LogP contribution in [-0.2, 0) is 23.9 Å². The number of hydrogen-bond donors (Lipinski definition) is 4. The second-order valence-corrected chi connectivity index (χ2v) is 7.12. The maximum Gasteiger partial charge on any atom is 0.409 e. The second-order valence-electron chi connectivity index (χ2n) is 7.12. The van der Waals surface area contributed by atoms with Crippen LogP contribution in [0.2, 0.25) is 0 Å². The molecular formula is C18H23N2O10-. The Kier molecular flexibility index (Phi) is 8.56. The number of alkyl carbamates (subject to hydrolysis) is 1. The minimum Gasteiger partial charge on any atom is -0.733 e. The van der Waals surface area contributed by atoms with Gasteiger partial charge >= 0.3 is 24.0 Å². The Labute approximate surface area is 171 Å². The molecule has 0 aliphatic carbocycles. The van der Waals surface area contributed by atoms with Crippen molar-refractivity contribution < 1.29 is 44.1 Å². The summed E-state index contributed by atoms with van der Waals surface area (Å²) in [4.78, 5) is 46.7. The molecule has 1 rings (SSSR count). The minimum atomic E-state index is -1.82. The lowest BCUT2D eigenvalue weighted by Gasteiger charge is -2.29. The molecule has 0 bridgehead atoms. The Bertz CT molecular complexity index is 787. The molecule has 0 fully saturated rings. The number of nitrogens with zero attached hydrogens (tertiary/aromatic N) is 1. The van der Waals surface area contributed by atoms with Gasteiger partial charge in [0.1, 0.15) is 11.6 Å². The number of carboxylic acids is 2. The molecule has 0 heterocycles. The fraction of sp³-hybridized carbons (Fsp3) is 0.444. The highest BCUT2D eigenvalue weighted by atomic mass is 16.8. The van der Waals surface area contributed by atoms with Crippen LogP contribution in [0.1, 0.15) is 45.3 Å². The van der Waals surface area contributed by atoms with Crippen molar-refractivity contribution in [2.75, 3.05) is 5.23 Å². The molecule has 1 aromatic carbocycles. The third-order valence-corrected chi connectivity index (χ3v) is 3.51. The molecule has 0 saturated heterocycles. The molecule has 0 spiro atoms. The molecule has 4 N–H and O–H groups in total. The summed E-state index contributed by atoms with van der Waals surface area (Å²) in [6.45, 7) is 4.64. The van der Waals surface area contributed by atoms with Gasteiger partial charge in [0.15, 0.2) is 0 Å². The highest BCUT2D eigenvalue weighted by Gasteiger charge is 2.33. The monoisotopic (exact) mass is 427 g/mol. The van der Waals surface area contributed by atoms with E-state index in [9.17, 15) is 29.6 Å². The number of benzene rings is 1. The molecule has 30 heavy (non-hydrogen) atoms. The predicted octanol–water partition coefficient (Wildman–Crippen LogP) is 1.81. The van der Waals surface area contributed by atoms with Crippen LogP contribution in [0.15, 0.2) is 24.3 Å². The van der Waals surface area contributed by atoms with Crippen LogP contribution in [-0.4, -0.2) is 51.1 Å². The lowest BCUT2D eigenvalue weighted by Crippen LogP contribution is -2.42. The summed E-state index contributed by atoms with van der Waals surface area (Å²) in [5.41, 5.74) is -1.61. The lowest BCUT2D eigenvalue weighted by atomic mass is 10.1. The number of amides is 1. The SMILES string of the molecule is CC(C)(C)OC(=O)C(OC(=O)N[C@@H](CCC(=O)O)C(=O)O)c1ccccc1N([O-])O. The van der Waals surface area contributed by atoms with E-state index in [1.807, 2.05) is 5.32 Å². The molecular weight excluding hydrogens is 404 g/mol. The van der Waals surface area contributed by atoms with Gasteiger partial charge in [-0.3, -0.25) is 10.0 Å². The van der Waals surface area contributed by atoms with E-state index in [2.05, 4.69) is 0 Å². The number of carbonyl (C=O) groups is 4. The van der Waals surface area contributed by atoms with Gasteiger partial charge in [0, 0.05) is 12.0 Å². The summed E-state index contributed by atoms with van der Waals surface area (Å²) < 4.78 is 10.2. The van der Waals surface area contributed by atoms with E-state index < -0.39 is 65.5 Å². The van der Waals surface area contributed by atoms with Crippen molar-refractivity contribution in [2.45, 2.75) is 51.4 Å². The van der Waals surface area contributed by atoms with Crippen LogP contribution in [0.3, 0.4) is 0 Å². The molecule has 166 valence electrons. The minimum absolute atomic E-state index is 0.211. The lowest BCUT2D eigenvalue weighted by molar-refractivity contribution is -0.165. The number of ether oxygens (including phenoxy) is 2. The van der Waals surface area contributed by atoms with E-state index in [0.717, 1.165) is 6.07 Å². The van der Waals surface area contributed by atoms with Crippen molar-refractivity contribution in [3.05, 3.63) is 35.0 Å². The summed E-state index contributed by atoms with van der Waals surface area (Å²) >= 11 is 0. The summed E-state index contributed by atoms with van der Waals surface area (Å²) in [7, 11) is 0. The largest absolute Gasteiger partial charge is 0.733 e. The number of esters is 1. The van der Waals surface area contributed by atoms with Crippen LogP contribution in [0.4, 0.5) is 10.5 Å². The zero-order valence-electron chi connectivity index (χ0n) is 16.5. The van der Waals surface area contributed by atoms with Gasteiger partial charge in [0.05, 0.1) is 5.69 Å². The van der Waals surface area contributed by atoms with Crippen LogP contribution >= 0.6 is 0 Å². The van der Waals surface area contributed by atoms with E-state index in [-0.39, 0.29) is 5.56 Å². The van der Waals surface area contributed by atoms with Crippen molar-refractivity contribution in [3.8, 4) is 0 Å². The fourth-order valence-corrected chi connectivity index (χ4v) is 2.29. The fourth-order valence-electron chi connectivity index (χ4n) is 2.29. The molecule has 0 aromatic heterocycles. The van der Waals surface area contributed by atoms with E-state index in [1.54, 1.807) is 20.8 Å². The Morgan fingerprint density at radius 2 is 1.77 bits per heavy atom. The van der Waals surface area contributed by atoms with Crippen LogP contribution in [0.25, 0.3) is 0 Å². The molecule has 1 aromatic rings. The molecule has 1 amide bonds. The summed E-state index contributed by atoms with van der Waals surface area (Å²) in [5.74, 6) is -3.86. The topological polar surface area (TPSA) is 186 Å². The van der Waals surface area contributed by atoms with Crippen LogP contribution < -0.4 is 10.5 Å². The average Bonchev–Trinajstić information content (AvgIpc) is 2.61. The summed E-state index contributed by atoms with van der Waals surface area (Å²) in [6.07, 6.45) is -4.16. The molecule has 1 unspecified atom stereocenters. The van der Waals surface area contributed by atoms with E-state index >= 15 is 0 Å². The number of aliphatic carboxylic acids is 2. The number of hydrogen-bond acceptors (Lipinski definition) is 9. The van der Waals surface area contributed by atoms with E-state index in [1.165, 1.54) is 18.2 Å². The standard InChI is InChI=1S/C18H23N2O10/c1-18(2,3)30-16(25)14(10-6-4-5-7-12(10)20(27)28)29-17(26)19-11(15(23)24)8-9-13(21)22/h4-7,11,14,27H,8-9H2,1-3H3,(H,19,26)(H,21,22)(H,23,24)/q-1/t11-,14?/m0/s1. The number of para-hydroxylation sites is 1. The van der Waals surface area contributed by atoms with Crippen LogP contribution in [0, 0.1) is 5.21 Å².